The first-order valence-corrected chi connectivity index (χ1v) is 7.89. The standard InChI is InChI=1S/C19H23NO2/c21-19(18-15-20-11-12-22-18,13-16-7-3-1-4-8-16)14-17-9-5-2-6-10-17/h1-10,18,20-21H,11-15H2. The molecule has 0 aliphatic carbocycles. The van der Waals surface area contributed by atoms with E-state index in [4.69, 9.17) is 4.74 Å². The Morgan fingerprint density at radius 3 is 1.95 bits per heavy atom. The van der Waals surface area contributed by atoms with Crippen molar-refractivity contribution in [2.75, 3.05) is 19.7 Å². The molecule has 1 heterocycles. The third-order valence-corrected chi connectivity index (χ3v) is 4.23. The van der Waals surface area contributed by atoms with E-state index in [1.807, 2.05) is 36.4 Å². The van der Waals surface area contributed by atoms with Crippen LogP contribution in [0.25, 0.3) is 0 Å². The zero-order valence-electron chi connectivity index (χ0n) is 12.7. The minimum atomic E-state index is -0.907. The molecule has 116 valence electrons. The average molecular weight is 297 g/mol. The van der Waals surface area contributed by atoms with Crippen molar-refractivity contribution in [3.8, 4) is 0 Å². The van der Waals surface area contributed by atoms with E-state index < -0.39 is 5.60 Å². The molecule has 1 aliphatic heterocycles. The van der Waals surface area contributed by atoms with Gasteiger partial charge in [-0.05, 0) is 11.1 Å². The summed E-state index contributed by atoms with van der Waals surface area (Å²) in [5, 5.41) is 14.7. The minimum Gasteiger partial charge on any atom is -0.386 e. The Morgan fingerprint density at radius 2 is 1.50 bits per heavy atom. The van der Waals surface area contributed by atoms with Crippen molar-refractivity contribution in [1.82, 2.24) is 5.32 Å². The number of morpholine rings is 1. The van der Waals surface area contributed by atoms with Crippen molar-refractivity contribution < 1.29 is 9.84 Å². The zero-order valence-corrected chi connectivity index (χ0v) is 12.7. The van der Waals surface area contributed by atoms with Gasteiger partial charge in [-0.25, -0.2) is 0 Å². The van der Waals surface area contributed by atoms with Crippen LogP contribution in [-0.2, 0) is 17.6 Å². The molecule has 22 heavy (non-hydrogen) atoms. The first kappa shape index (κ1) is 15.2. The van der Waals surface area contributed by atoms with Crippen LogP contribution in [0, 0.1) is 0 Å². The van der Waals surface area contributed by atoms with Crippen LogP contribution in [0.5, 0.6) is 0 Å². The number of nitrogens with one attached hydrogen (secondary N) is 1. The SMILES string of the molecule is OC(Cc1ccccc1)(Cc1ccccc1)C1CNCCO1. The van der Waals surface area contributed by atoms with Crippen molar-refractivity contribution >= 4 is 0 Å². The smallest absolute Gasteiger partial charge is 0.100 e. The van der Waals surface area contributed by atoms with Crippen LogP contribution in [0.2, 0.25) is 0 Å². The number of aliphatic hydroxyl groups is 1. The molecule has 2 aromatic rings. The first-order valence-electron chi connectivity index (χ1n) is 7.89. The second kappa shape index (κ2) is 7.05. The Hall–Kier alpha value is -1.68. The molecule has 3 nitrogen and oxygen atoms in total. The summed E-state index contributed by atoms with van der Waals surface area (Å²) in [4.78, 5) is 0. The van der Waals surface area contributed by atoms with Gasteiger partial charge in [0.15, 0.2) is 0 Å². The second-order valence-corrected chi connectivity index (χ2v) is 5.99. The highest BCUT2D eigenvalue weighted by Crippen LogP contribution is 2.26. The van der Waals surface area contributed by atoms with E-state index in [2.05, 4.69) is 29.6 Å². The van der Waals surface area contributed by atoms with Crippen molar-refractivity contribution in [2.24, 2.45) is 0 Å². The maximum Gasteiger partial charge on any atom is 0.100 e. The van der Waals surface area contributed by atoms with E-state index in [-0.39, 0.29) is 6.10 Å². The summed E-state index contributed by atoms with van der Waals surface area (Å²) in [6.45, 7) is 2.19. The lowest BCUT2D eigenvalue weighted by Gasteiger charge is -2.39. The van der Waals surface area contributed by atoms with Crippen LogP contribution in [0.3, 0.4) is 0 Å². The van der Waals surface area contributed by atoms with Gasteiger partial charge in [-0.1, -0.05) is 60.7 Å². The van der Waals surface area contributed by atoms with Crippen molar-refractivity contribution in [1.29, 1.82) is 0 Å². The van der Waals surface area contributed by atoms with E-state index in [0.717, 1.165) is 17.7 Å². The van der Waals surface area contributed by atoms with E-state index in [9.17, 15) is 5.11 Å². The molecule has 0 amide bonds. The summed E-state index contributed by atoms with van der Waals surface area (Å²) in [7, 11) is 0. The molecule has 1 atom stereocenters. The first-order chi connectivity index (χ1) is 10.8. The summed E-state index contributed by atoms with van der Waals surface area (Å²) in [6.07, 6.45) is 0.992. The Morgan fingerprint density at radius 1 is 0.955 bits per heavy atom. The Kier molecular flexibility index (Phi) is 4.88. The largest absolute Gasteiger partial charge is 0.386 e. The number of hydrogen-bond acceptors (Lipinski definition) is 3. The van der Waals surface area contributed by atoms with Crippen LogP contribution in [0.1, 0.15) is 11.1 Å². The van der Waals surface area contributed by atoms with Gasteiger partial charge in [-0.2, -0.15) is 0 Å². The third kappa shape index (κ3) is 3.74. The van der Waals surface area contributed by atoms with E-state index in [1.54, 1.807) is 0 Å². The Bertz CT molecular complexity index is 523. The molecule has 0 bridgehead atoms. The van der Waals surface area contributed by atoms with Gasteiger partial charge in [0.2, 0.25) is 0 Å². The molecule has 0 radical (unpaired) electrons. The van der Waals surface area contributed by atoms with Gasteiger partial charge in [-0.15, -0.1) is 0 Å². The van der Waals surface area contributed by atoms with E-state index >= 15 is 0 Å². The number of hydrogen-bond donors (Lipinski definition) is 2. The Labute approximate surface area is 131 Å². The van der Waals surface area contributed by atoms with Gasteiger partial charge in [0.1, 0.15) is 5.60 Å². The van der Waals surface area contributed by atoms with Gasteiger partial charge in [0.25, 0.3) is 0 Å². The van der Waals surface area contributed by atoms with E-state index in [1.165, 1.54) is 0 Å². The van der Waals surface area contributed by atoms with Crippen molar-refractivity contribution in [2.45, 2.75) is 24.5 Å². The fourth-order valence-electron chi connectivity index (χ4n) is 3.10. The molecule has 1 aliphatic rings. The van der Waals surface area contributed by atoms with Gasteiger partial charge in [0, 0.05) is 25.9 Å². The maximum atomic E-state index is 11.4. The van der Waals surface area contributed by atoms with Gasteiger partial charge >= 0.3 is 0 Å². The second-order valence-electron chi connectivity index (χ2n) is 5.99. The lowest BCUT2D eigenvalue weighted by Crippen LogP contribution is -2.55. The predicted molar refractivity (Wildman–Crippen MR) is 87.9 cm³/mol. The van der Waals surface area contributed by atoms with E-state index in [0.29, 0.717) is 26.0 Å². The van der Waals surface area contributed by atoms with Crippen LogP contribution in [-0.4, -0.2) is 36.5 Å². The quantitative estimate of drug-likeness (QED) is 0.889. The maximum absolute atomic E-state index is 11.4. The molecule has 2 aromatic carbocycles. The van der Waals surface area contributed by atoms with Crippen molar-refractivity contribution in [3.63, 3.8) is 0 Å². The Balaban J connectivity index is 1.83. The lowest BCUT2D eigenvalue weighted by atomic mass is 9.83. The summed E-state index contributed by atoms with van der Waals surface area (Å²) >= 11 is 0. The molecule has 2 N–H and O–H groups in total. The van der Waals surface area contributed by atoms with Crippen LogP contribution < -0.4 is 5.32 Å². The normalized spacial score (nSPS) is 19.0. The predicted octanol–water partition coefficient (Wildman–Crippen LogP) is 2.19. The summed E-state index contributed by atoms with van der Waals surface area (Å²) < 4.78 is 5.88. The molecular formula is C19H23NO2. The summed E-state index contributed by atoms with van der Waals surface area (Å²) in [5.74, 6) is 0. The highest BCUT2D eigenvalue weighted by molar-refractivity contribution is 5.22. The molecule has 0 spiro atoms. The third-order valence-electron chi connectivity index (χ3n) is 4.23. The molecule has 3 rings (SSSR count). The number of ether oxygens (including phenoxy) is 1. The monoisotopic (exact) mass is 297 g/mol. The van der Waals surface area contributed by atoms with Gasteiger partial charge in [0.05, 0.1) is 12.7 Å². The lowest BCUT2D eigenvalue weighted by molar-refractivity contribution is -0.118. The van der Waals surface area contributed by atoms with Crippen LogP contribution in [0.15, 0.2) is 60.7 Å². The fraction of sp³-hybridized carbons (Fsp3) is 0.368. The highest BCUT2D eigenvalue weighted by Gasteiger charge is 2.38. The van der Waals surface area contributed by atoms with Gasteiger partial charge < -0.3 is 15.2 Å². The number of benzene rings is 2. The molecule has 1 unspecified atom stereocenters. The molecular weight excluding hydrogens is 274 g/mol. The summed E-state index contributed by atoms with van der Waals surface area (Å²) in [6, 6.07) is 20.3. The molecule has 1 saturated heterocycles. The van der Waals surface area contributed by atoms with Gasteiger partial charge in [-0.3, -0.25) is 0 Å². The summed E-state index contributed by atoms with van der Waals surface area (Å²) in [5.41, 5.74) is 1.36. The number of rotatable bonds is 5. The average Bonchev–Trinajstić information content (AvgIpc) is 2.57. The van der Waals surface area contributed by atoms with Crippen LogP contribution >= 0.6 is 0 Å². The minimum absolute atomic E-state index is 0.193. The van der Waals surface area contributed by atoms with Crippen LogP contribution in [0.4, 0.5) is 0 Å². The molecule has 1 fully saturated rings. The zero-order chi connectivity index (χ0) is 15.3. The molecule has 3 heteroatoms. The molecule has 0 saturated carbocycles. The fourth-order valence-corrected chi connectivity index (χ4v) is 3.10. The van der Waals surface area contributed by atoms with Crippen molar-refractivity contribution in [3.05, 3.63) is 71.8 Å². The highest BCUT2D eigenvalue weighted by atomic mass is 16.5. The topological polar surface area (TPSA) is 41.5 Å². The molecule has 0 aromatic heterocycles.